The standard InChI is InChI=1S/C14H13F3N2/c1-9-2-4-11-6-7-18-12-5-3-10(14(15,16)17)8-13(12)19(9)11/h2-5,8,18H,6-7H2,1H3. The van der Waals surface area contributed by atoms with Gasteiger partial charge >= 0.3 is 6.18 Å². The van der Waals surface area contributed by atoms with Crippen LogP contribution >= 0.6 is 0 Å². The zero-order valence-electron chi connectivity index (χ0n) is 10.4. The number of aromatic nitrogens is 1. The maximum absolute atomic E-state index is 12.8. The van der Waals surface area contributed by atoms with Crippen LogP contribution in [0.1, 0.15) is 17.0 Å². The number of hydrogen-bond acceptors (Lipinski definition) is 1. The lowest BCUT2D eigenvalue weighted by atomic mass is 10.1. The Kier molecular flexibility index (Phi) is 2.59. The van der Waals surface area contributed by atoms with Crippen LogP contribution < -0.4 is 5.32 Å². The van der Waals surface area contributed by atoms with E-state index in [2.05, 4.69) is 5.32 Å². The maximum Gasteiger partial charge on any atom is 0.416 e. The van der Waals surface area contributed by atoms with Crippen LogP contribution in [0.15, 0.2) is 30.3 Å². The van der Waals surface area contributed by atoms with E-state index in [1.165, 1.54) is 12.1 Å². The Hall–Kier alpha value is -1.91. The summed E-state index contributed by atoms with van der Waals surface area (Å²) in [6, 6.07) is 7.74. The molecule has 2 nitrogen and oxygen atoms in total. The van der Waals surface area contributed by atoms with Gasteiger partial charge in [0.2, 0.25) is 0 Å². The highest BCUT2D eigenvalue weighted by molar-refractivity contribution is 5.65. The van der Waals surface area contributed by atoms with E-state index in [1.807, 2.05) is 23.6 Å². The van der Waals surface area contributed by atoms with Crippen LogP contribution in [0, 0.1) is 6.92 Å². The lowest BCUT2D eigenvalue weighted by Gasteiger charge is -2.15. The molecule has 1 aliphatic heterocycles. The first kappa shape index (κ1) is 12.1. The van der Waals surface area contributed by atoms with Gasteiger partial charge in [-0.25, -0.2) is 0 Å². The molecule has 5 heteroatoms. The van der Waals surface area contributed by atoms with E-state index in [4.69, 9.17) is 0 Å². The fraction of sp³-hybridized carbons (Fsp3) is 0.286. The molecule has 3 rings (SSSR count). The smallest absolute Gasteiger partial charge is 0.383 e. The van der Waals surface area contributed by atoms with Gasteiger partial charge in [0.05, 0.1) is 16.9 Å². The van der Waals surface area contributed by atoms with Crippen LogP contribution in [0.2, 0.25) is 0 Å². The van der Waals surface area contributed by atoms with Crippen LogP contribution in [0.3, 0.4) is 0 Å². The molecule has 0 saturated heterocycles. The predicted octanol–water partition coefficient (Wildman–Crippen LogP) is 3.77. The van der Waals surface area contributed by atoms with Gasteiger partial charge < -0.3 is 9.88 Å². The molecule has 1 aromatic heterocycles. The maximum atomic E-state index is 12.8. The van der Waals surface area contributed by atoms with Crippen molar-refractivity contribution < 1.29 is 13.2 Å². The third-order valence-corrected chi connectivity index (χ3v) is 3.42. The third kappa shape index (κ3) is 1.99. The van der Waals surface area contributed by atoms with Crippen molar-refractivity contribution in [1.29, 1.82) is 0 Å². The lowest BCUT2D eigenvalue weighted by molar-refractivity contribution is -0.137. The average molecular weight is 266 g/mol. The van der Waals surface area contributed by atoms with E-state index in [0.717, 1.165) is 36.1 Å². The molecule has 0 atom stereocenters. The SMILES string of the molecule is Cc1ccc2n1-c1cc(C(F)(F)F)ccc1NCC2. The van der Waals surface area contributed by atoms with Crippen molar-refractivity contribution in [1.82, 2.24) is 4.57 Å². The molecule has 0 bridgehead atoms. The molecule has 1 aromatic carbocycles. The highest BCUT2D eigenvalue weighted by Crippen LogP contribution is 2.35. The van der Waals surface area contributed by atoms with Gasteiger partial charge in [-0.2, -0.15) is 13.2 Å². The van der Waals surface area contributed by atoms with Crippen molar-refractivity contribution in [3.8, 4) is 5.69 Å². The summed E-state index contributed by atoms with van der Waals surface area (Å²) in [4.78, 5) is 0. The van der Waals surface area contributed by atoms with Gasteiger partial charge in [0.1, 0.15) is 0 Å². The monoisotopic (exact) mass is 266 g/mol. The molecule has 0 spiro atoms. The first-order valence-electron chi connectivity index (χ1n) is 6.09. The minimum absolute atomic E-state index is 0.574. The molecule has 0 aliphatic carbocycles. The van der Waals surface area contributed by atoms with Gasteiger partial charge in [-0.1, -0.05) is 0 Å². The number of nitrogens with zero attached hydrogens (tertiary/aromatic N) is 1. The second-order valence-electron chi connectivity index (χ2n) is 4.71. The van der Waals surface area contributed by atoms with Crippen LogP contribution in [-0.4, -0.2) is 11.1 Å². The van der Waals surface area contributed by atoms with E-state index in [-0.39, 0.29) is 0 Å². The number of rotatable bonds is 0. The van der Waals surface area contributed by atoms with Crippen molar-refractivity contribution in [2.24, 2.45) is 0 Å². The summed E-state index contributed by atoms with van der Waals surface area (Å²) in [5.74, 6) is 0. The van der Waals surface area contributed by atoms with Crippen molar-refractivity contribution in [3.63, 3.8) is 0 Å². The molecule has 2 aromatic rings. The molecule has 100 valence electrons. The number of halogens is 3. The molecule has 0 unspecified atom stereocenters. The predicted molar refractivity (Wildman–Crippen MR) is 67.7 cm³/mol. The van der Waals surface area contributed by atoms with Gasteiger partial charge in [0.25, 0.3) is 0 Å². The Bertz CT molecular complexity index is 626. The zero-order chi connectivity index (χ0) is 13.6. The molecule has 1 aliphatic rings. The van der Waals surface area contributed by atoms with E-state index < -0.39 is 11.7 Å². The van der Waals surface area contributed by atoms with E-state index >= 15 is 0 Å². The Morgan fingerprint density at radius 1 is 1.16 bits per heavy atom. The second-order valence-corrected chi connectivity index (χ2v) is 4.71. The highest BCUT2D eigenvalue weighted by Gasteiger charge is 2.31. The van der Waals surface area contributed by atoms with Gasteiger partial charge in [0.15, 0.2) is 0 Å². The number of nitrogens with one attached hydrogen (secondary N) is 1. The molecule has 2 heterocycles. The Labute approximate surface area is 108 Å². The summed E-state index contributed by atoms with van der Waals surface area (Å²) in [6.07, 6.45) is -3.52. The number of anilines is 1. The number of aryl methyl sites for hydroxylation is 1. The Morgan fingerprint density at radius 3 is 2.68 bits per heavy atom. The minimum Gasteiger partial charge on any atom is -0.383 e. The largest absolute Gasteiger partial charge is 0.416 e. The minimum atomic E-state index is -4.32. The number of hydrogen-bond donors (Lipinski definition) is 1. The highest BCUT2D eigenvalue weighted by atomic mass is 19.4. The van der Waals surface area contributed by atoms with Gasteiger partial charge in [0, 0.05) is 24.4 Å². The Balaban J connectivity index is 2.24. The van der Waals surface area contributed by atoms with Crippen LogP contribution in [0.25, 0.3) is 5.69 Å². The zero-order valence-corrected chi connectivity index (χ0v) is 10.4. The van der Waals surface area contributed by atoms with Gasteiger partial charge in [-0.3, -0.25) is 0 Å². The van der Waals surface area contributed by atoms with Crippen molar-refractivity contribution in [2.75, 3.05) is 11.9 Å². The normalized spacial score (nSPS) is 14.3. The quantitative estimate of drug-likeness (QED) is 0.768. The fourth-order valence-corrected chi connectivity index (χ4v) is 2.50. The summed E-state index contributed by atoms with van der Waals surface area (Å²) in [7, 11) is 0. The summed E-state index contributed by atoms with van der Waals surface area (Å²) in [5, 5.41) is 3.18. The van der Waals surface area contributed by atoms with Crippen molar-refractivity contribution in [3.05, 3.63) is 47.3 Å². The molecule has 0 amide bonds. The van der Waals surface area contributed by atoms with E-state index in [9.17, 15) is 13.2 Å². The topological polar surface area (TPSA) is 17.0 Å². The number of alkyl halides is 3. The van der Waals surface area contributed by atoms with Crippen LogP contribution in [0.5, 0.6) is 0 Å². The van der Waals surface area contributed by atoms with E-state index in [0.29, 0.717) is 5.69 Å². The molecule has 0 saturated carbocycles. The summed E-state index contributed by atoms with van der Waals surface area (Å²) in [6.45, 7) is 2.63. The fourth-order valence-electron chi connectivity index (χ4n) is 2.50. The average Bonchev–Trinajstić information content (AvgIpc) is 2.60. The Morgan fingerprint density at radius 2 is 1.95 bits per heavy atom. The molecule has 1 N–H and O–H groups in total. The van der Waals surface area contributed by atoms with E-state index in [1.54, 1.807) is 0 Å². The third-order valence-electron chi connectivity index (χ3n) is 3.42. The summed E-state index contributed by atoms with van der Waals surface area (Å²) in [5.41, 5.74) is 2.67. The number of fused-ring (bicyclic) bond motifs is 3. The first-order valence-corrected chi connectivity index (χ1v) is 6.09. The second kappa shape index (κ2) is 4.05. The molecule has 0 radical (unpaired) electrons. The summed E-state index contributed by atoms with van der Waals surface area (Å²) < 4.78 is 40.4. The van der Waals surface area contributed by atoms with Crippen molar-refractivity contribution >= 4 is 5.69 Å². The summed E-state index contributed by atoms with van der Waals surface area (Å²) >= 11 is 0. The van der Waals surface area contributed by atoms with Gasteiger partial charge in [-0.05, 0) is 37.3 Å². The molecular weight excluding hydrogens is 253 g/mol. The van der Waals surface area contributed by atoms with Gasteiger partial charge in [-0.15, -0.1) is 0 Å². The lowest BCUT2D eigenvalue weighted by Crippen LogP contribution is -2.08. The first-order chi connectivity index (χ1) is 8.97. The molecular formula is C14H13F3N2. The molecule has 0 fully saturated rings. The number of benzene rings is 1. The van der Waals surface area contributed by atoms with Crippen molar-refractivity contribution in [2.45, 2.75) is 19.5 Å². The van der Waals surface area contributed by atoms with Crippen LogP contribution in [0.4, 0.5) is 18.9 Å². The van der Waals surface area contributed by atoms with Crippen LogP contribution in [-0.2, 0) is 12.6 Å². The molecule has 19 heavy (non-hydrogen) atoms.